The highest BCUT2D eigenvalue weighted by atomic mass is 28.4. The zero-order valence-electron chi connectivity index (χ0n) is 12.5. The number of hydrogen-bond acceptors (Lipinski definition) is 4. The van der Waals surface area contributed by atoms with E-state index in [9.17, 15) is 0 Å². The van der Waals surface area contributed by atoms with Gasteiger partial charge in [0.2, 0.25) is 0 Å². The lowest BCUT2D eigenvalue weighted by Crippen LogP contribution is -2.42. The maximum Gasteiger partial charge on any atom is 0.500 e. The average Bonchev–Trinajstić information content (AvgIpc) is 2.35. The smallest absolute Gasteiger partial charge is 0.377 e. The highest BCUT2D eigenvalue weighted by Gasteiger charge is 2.36. The van der Waals surface area contributed by atoms with Crippen molar-refractivity contribution in [2.75, 3.05) is 34.5 Å². The second-order valence-electron chi connectivity index (χ2n) is 3.82. The molecule has 0 aliphatic carbocycles. The van der Waals surface area contributed by atoms with E-state index in [1.54, 1.807) is 21.3 Å². The van der Waals surface area contributed by atoms with Gasteiger partial charge in [-0.3, -0.25) is 0 Å². The van der Waals surface area contributed by atoms with Gasteiger partial charge in [0.15, 0.2) is 0 Å². The van der Waals surface area contributed by atoms with E-state index in [1.807, 2.05) is 12.6 Å². The second kappa shape index (κ2) is 13.2. The minimum absolute atomic E-state index is 0.613. The molecular formula is C12H28O4Si2. The number of hydrogen-bond donors (Lipinski definition) is 0. The zero-order chi connectivity index (χ0) is 14.4. The van der Waals surface area contributed by atoms with Gasteiger partial charge in [-0.05, 0) is 13.3 Å². The molecule has 108 valence electrons. The van der Waals surface area contributed by atoms with Gasteiger partial charge in [0, 0.05) is 44.2 Å². The molecule has 0 heterocycles. The van der Waals surface area contributed by atoms with Crippen LogP contribution in [0.1, 0.15) is 13.3 Å². The Hall–Kier alpha value is -0.246. The molecule has 0 saturated heterocycles. The molecule has 0 aromatic rings. The predicted molar refractivity (Wildman–Crippen MR) is 82.0 cm³/mol. The lowest BCUT2D eigenvalue weighted by Gasteiger charge is -2.24. The molecule has 18 heavy (non-hydrogen) atoms. The Bertz CT molecular complexity index is 210. The van der Waals surface area contributed by atoms with E-state index in [2.05, 4.69) is 13.2 Å². The standard InChI is InChI=1S/C10H22O4Si.C2H6Si/c1-10(2)9-14-7-6-8-15(11-3,12-4)13-5;1-2-3/h1,6-9H2,2-5H3;2H,1H2,3H3. The van der Waals surface area contributed by atoms with Crippen LogP contribution in [0.3, 0.4) is 0 Å². The highest BCUT2D eigenvalue weighted by Crippen LogP contribution is 2.14. The van der Waals surface area contributed by atoms with E-state index < -0.39 is 8.80 Å². The van der Waals surface area contributed by atoms with Gasteiger partial charge in [0.05, 0.1) is 6.61 Å². The molecule has 6 heteroatoms. The van der Waals surface area contributed by atoms with E-state index in [4.69, 9.17) is 18.0 Å². The number of rotatable bonds is 9. The van der Waals surface area contributed by atoms with Crippen LogP contribution < -0.4 is 0 Å². The van der Waals surface area contributed by atoms with E-state index >= 15 is 0 Å². The van der Waals surface area contributed by atoms with Crippen molar-refractivity contribution in [3.63, 3.8) is 0 Å². The fourth-order valence-corrected chi connectivity index (χ4v) is 2.88. The third-order valence-electron chi connectivity index (χ3n) is 2.05. The van der Waals surface area contributed by atoms with Crippen LogP contribution in [-0.2, 0) is 18.0 Å². The Morgan fingerprint density at radius 2 is 1.67 bits per heavy atom. The molecular weight excluding hydrogens is 264 g/mol. The molecule has 0 rings (SSSR count). The van der Waals surface area contributed by atoms with Crippen LogP contribution in [-0.4, -0.2) is 53.6 Å². The van der Waals surface area contributed by atoms with Crippen LogP contribution in [0.2, 0.25) is 6.04 Å². The maximum atomic E-state index is 5.38. The van der Waals surface area contributed by atoms with Crippen LogP contribution in [0.25, 0.3) is 0 Å². The third kappa shape index (κ3) is 10.9. The molecule has 0 fully saturated rings. The highest BCUT2D eigenvalue weighted by molar-refractivity contribution is 6.60. The average molecular weight is 293 g/mol. The summed E-state index contributed by atoms with van der Waals surface area (Å²) in [6.07, 6.45) is 0.870. The van der Waals surface area contributed by atoms with Gasteiger partial charge in [0.1, 0.15) is 0 Å². The van der Waals surface area contributed by atoms with Crippen LogP contribution in [0.5, 0.6) is 0 Å². The van der Waals surface area contributed by atoms with Gasteiger partial charge in [0.25, 0.3) is 0 Å². The van der Waals surface area contributed by atoms with Gasteiger partial charge >= 0.3 is 8.80 Å². The topological polar surface area (TPSA) is 36.9 Å². The summed E-state index contributed by atoms with van der Waals surface area (Å²) in [5.74, 6) is 0. The molecule has 0 unspecified atom stereocenters. The molecule has 0 N–H and O–H groups in total. The van der Waals surface area contributed by atoms with Crippen molar-refractivity contribution >= 4 is 19.0 Å². The normalized spacial score (nSPS) is 10.7. The summed E-state index contributed by atoms with van der Waals surface area (Å²) in [6, 6.07) is 0.771. The second-order valence-corrected chi connectivity index (χ2v) is 7.72. The van der Waals surface area contributed by atoms with E-state index in [0.29, 0.717) is 13.2 Å². The molecule has 0 aliphatic rings. The van der Waals surface area contributed by atoms with E-state index in [-0.39, 0.29) is 0 Å². The van der Waals surface area contributed by atoms with Gasteiger partial charge in [-0.15, -0.1) is 12.3 Å². The minimum atomic E-state index is -2.40. The van der Waals surface area contributed by atoms with Crippen LogP contribution >= 0.6 is 0 Å². The minimum Gasteiger partial charge on any atom is -0.377 e. The molecule has 0 aliphatic heterocycles. The first-order valence-corrected chi connectivity index (χ1v) is 9.05. The van der Waals surface area contributed by atoms with Gasteiger partial charge in [-0.2, -0.15) is 0 Å². The molecule has 0 amide bonds. The Morgan fingerprint density at radius 1 is 1.22 bits per heavy atom. The fourth-order valence-electron chi connectivity index (χ4n) is 1.19. The molecule has 0 spiro atoms. The van der Waals surface area contributed by atoms with E-state index in [0.717, 1.165) is 28.3 Å². The number of ether oxygens (including phenoxy) is 1. The van der Waals surface area contributed by atoms with Crippen LogP contribution in [0, 0.1) is 0 Å². The summed E-state index contributed by atoms with van der Waals surface area (Å²) < 4.78 is 21.2. The maximum absolute atomic E-state index is 5.38. The molecule has 0 saturated carbocycles. The molecule has 0 aromatic heterocycles. The quantitative estimate of drug-likeness (QED) is 0.365. The molecule has 4 nitrogen and oxygen atoms in total. The summed E-state index contributed by atoms with van der Waals surface area (Å²) in [7, 11) is 3.59. The van der Waals surface area contributed by atoms with Crippen molar-refractivity contribution < 1.29 is 18.0 Å². The summed E-state index contributed by atoms with van der Waals surface area (Å²) in [5, 5.41) is 0. The van der Waals surface area contributed by atoms with Crippen LogP contribution in [0.4, 0.5) is 0 Å². The lowest BCUT2D eigenvalue weighted by molar-refractivity contribution is 0.113. The molecule has 0 atom stereocenters. The van der Waals surface area contributed by atoms with E-state index in [1.165, 1.54) is 0 Å². The first-order valence-electron chi connectivity index (χ1n) is 5.96. The Kier molecular flexibility index (Phi) is 14.7. The van der Waals surface area contributed by atoms with Crippen molar-refractivity contribution in [3.05, 3.63) is 24.4 Å². The lowest BCUT2D eigenvalue weighted by atomic mass is 10.4. The van der Waals surface area contributed by atoms with Crippen molar-refractivity contribution in [3.8, 4) is 0 Å². The molecule has 0 radical (unpaired) electrons. The van der Waals surface area contributed by atoms with Gasteiger partial charge in [-0.1, -0.05) is 12.2 Å². The van der Waals surface area contributed by atoms with Gasteiger partial charge in [-0.25, -0.2) is 0 Å². The Balaban J connectivity index is 0. The predicted octanol–water partition coefficient (Wildman–Crippen LogP) is 1.34. The van der Waals surface area contributed by atoms with Crippen LogP contribution in [0.15, 0.2) is 24.4 Å². The van der Waals surface area contributed by atoms with Crippen molar-refractivity contribution in [1.82, 2.24) is 0 Å². The largest absolute Gasteiger partial charge is 0.500 e. The molecule has 0 aromatic carbocycles. The van der Waals surface area contributed by atoms with Crippen molar-refractivity contribution in [2.45, 2.75) is 19.4 Å². The zero-order valence-corrected chi connectivity index (χ0v) is 15.5. The third-order valence-corrected chi connectivity index (χ3v) is 4.89. The molecule has 0 bridgehead atoms. The summed E-state index contributed by atoms with van der Waals surface area (Å²) in [5.41, 5.74) is 2.92. The Morgan fingerprint density at radius 3 is 2.00 bits per heavy atom. The monoisotopic (exact) mass is 292 g/mol. The summed E-state index contributed by atoms with van der Waals surface area (Å²) in [4.78, 5) is 0. The summed E-state index contributed by atoms with van der Waals surface area (Å²) in [6.45, 7) is 10.4. The summed E-state index contributed by atoms with van der Waals surface area (Å²) >= 11 is 0. The first kappa shape index (κ1) is 20.1. The van der Waals surface area contributed by atoms with Crippen molar-refractivity contribution in [1.29, 1.82) is 0 Å². The van der Waals surface area contributed by atoms with Crippen molar-refractivity contribution in [2.24, 2.45) is 0 Å². The van der Waals surface area contributed by atoms with Gasteiger partial charge < -0.3 is 18.0 Å². The first-order chi connectivity index (χ1) is 8.51. The fraction of sp³-hybridized carbons (Fsp3) is 0.667. The SMILES string of the molecule is C=C(C)COCCC[Si](OC)(OC)OC.C=C[SiH3]. The Labute approximate surface area is 116 Å².